The number of phenols is 1. The van der Waals surface area contributed by atoms with Crippen molar-refractivity contribution in [2.75, 3.05) is 19.5 Å². The van der Waals surface area contributed by atoms with Crippen LogP contribution < -0.4 is 4.83 Å². The molecule has 4 atom stereocenters. The van der Waals surface area contributed by atoms with Crippen LogP contribution in [-0.2, 0) is 29.1 Å². The first-order chi connectivity index (χ1) is 15.8. The summed E-state index contributed by atoms with van der Waals surface area (Å²) in [5, 5.41) is 14.2. The van der Waals surface area contributed by atoms with Gasteiger partial charge in [-0.25, -0.2) is 13.2 Å². The molecule has 4 rings (SSSR count). The maximum Gasteiger partial charge on any atom is 0.310 e. The number of sulfonamides is 1. The molecule has 1 fully saturated rings. The molecule has 1 unspecified atom stereocenters. The number of nitrogens with zero attached hydrogens (tertiary/aromatic N) is 1. The molecule has 9 nitrogen and oxygen atoms in total. The predicted octanol–water partition coefficient (Wildman–Crippen LogP) is 2.95. The Hall–Kier alpha value is -2.40. The van der Waals surface area contributed by atoms with Gasteiger partial charge in [-0.2, -0.15) is 5.10 Å². The fourth-order valence-electron chi connectivity index (χ4n) is 4.69. The summed E-state index contributed by atoms with van der Waals surface area (Å²) in [7, 11) is -5.06. The molecule has 3 aliphatic rings. The summed E-state index contributed by atoms with van der Waals surface area (Å²) in [6, 6.07) is 5.65. The average Bonchev–Trinajstić information content (AvgIpc) is 2.73. The summed E-state index contributed by atoms with van der Waals surface area (Å²) in [5.74, 6) is -3.90. The van der Waals surface area contributed by atoms with Crippen LogP contribution in [0.3, 0.4) is 0 Å². The minimum Gasteiger partial charge on any atom is -0.508 e. The highest BCUT2D eigenvalue weighted by molar-refractivity contribution is 7.88. The molecular weight excluding hydrogens is 476 g/mol. The van der Waals surface area contributed by atoms with Crippen LogP contribution in [0.4, 0.5) is 0 Å². The van der Waals surface area contributed by atoms with E-state index in [1.165, 1.54) is 0 Å². The zero-order chi connectivity index (χ0) is 25.3. The number of ether oxygens (including phenoxy) is 2. The van der Waals surface area contributed by atoms with Gasteiger partial charge in [0.05, 0.1) is 31.3 Å². The molecule has 0 aliphatic heterocycles. The summed E-state index contributed by atoms with van der Waals surface area (Å²) >= 11 is 0. The second-order valence-electron chi connectivity index (χ2n) is 10.3. The lowest BCUT2D eigenvalue weighted by Gasteiger charge is -2.47. The first-order valence-corrected chi connectivity index (χ1v) is 17.1. The first-order valence-electron chi connectivity index (χ1n) is 11.5. The SMILES string of the molecule is CCCOC(=O)[C@H]1[C@H](C(=O)OCC[Si](C)(C)C)C2C/C(=N/NS(C)(=O)=O)[C@H]1c1cc(O)ccc12. The number of nitrogens with one attached hydrogen (secondary N) is 1. The summed E-state index contributed by atoms with van der Waals surface area (Å²) in [4.78, 5) is 28.8. The molecule has 0 amide bonds. The number of aromatic hydroxyl groups is 1. The second kappa shape index (κ2) is 10.1. The number of hydrazone groups is 1. The van der Waals surface area contributed by atoms with Crippen molar-refractivity contribution in [2.24, 2.45) is 16.9 Å². The zero-order valence-corrected chi connectivity index (χ0v) is 22.1. The van der Waals surface area contributed by atoms with Crippen molar-refractivity contribution in [3.05, 3.63) is 29.3 Å². The van der Waals surface area contributed by atoms with Gasteiger partial charge in [-0.15, -0.1) is 0 Å². The average molecular weight is 511 g/mol. The normalized spacial score (nSPS) is 25.0. The van der Waals surface area contributed by atoms with Crippen molar-refractivity contribution in [2.45, 2.75) is 57.3 Å². The third kappa shape index (κ3) is 5.98. The Bertz CT molecular complexity index is 1080. The number of phenolic OH excluding ortho intramolecular Hbond substituents is 1. The number of benzene rings is 1. The van der Waals surface area contributed by atoms with Crippen molar-refractivity contribution in [1.82, 2.24) is 4.83 Å². The maximum absolute atomic E-state index is 13.3. The van der Waals surface area contributed by atoms with Gasteiger partial charge in [-0.3, -0.25) is 9.59 Å². The van der Waals surface area contributed by atoms with E-state index in [1.54, 1.807) is 18.2 Å². The minimum absolute atomic E-state index is 0.0108. The number of carbonyl (C=O) groups excluding carboxylic acids is 2. The Kier molecular flexibility index (Phi) is 7.76. The molecule has 3 aliphatic carbocycles. The third-order valence-corrected chi connectivity index (χ3v) is 8.34. The Balaban J connectivity index is 2.05. The maximum atomic E-state index is 13.3. The number of rotatable bonds is 9. The molecule has 2 N–H and O–H groups in total. The molecule has 188 valence electrons. The highest BCUT2D eigenvalue weighted by atomic mass is 32.2. The van der Waals surface area contributed by atoms with Crippen molar-refractivity contribution < 1.29 is 32.6 Å². The summed E-state index contributed by atoms with van der Waals surface area (Å²) in [6.07, 6.45) is 1.89. The van der Waals surface area contributed by atoms with Gasteiger partial charge >= 0.3 is 11.9 Å². The molecule has 1 aromatic carbocycles. The molecule has 0 spiro atoms. The van der Waals surface area contributed by atoms with E-state index in [9.17, 15) is 23.1 Å². The van der Waals surface area contributed by atoms with E-state index in [1.807, 2.05) is 6.92 Å². The second-order valence-corrected chi connectivity index (χ2v) is 17.6. The first kappa shape index (κ1) is 26.2. The van der Waals surface area contributed by atoms with Gasteiger partial charge < -0.3 is 14.6 Å². The van der Waals surface area contributed by atoms with Gasteiger partial charge in [0.25, 0.3) is 0 Å². The van der Waals surface area contributed by atoms with Gasteiger partial charge in [-0.05, 0) is 42.1 Å². The third-order valence-electron chi connectivity index (χ3n) is 6.22. The van der Waals surface area contributed by atoms with Gasteiger partial charge in [-0.1, -0.05) is 32.6 Å². The van der Waals surface area contributed by atoms with Crippen LogP contribution in [0.2, 0.25) is 25.7 Å². The fourth-order valence-corrected chi connectivity index (χ4v) is 5.69. The number of fused-ring (bicyclic) bond motifs is 2. The molecule has 1 aromatic rings. The standard InChI is InChI=1S/C23H34N2O7SSi/c1-6-9-31-23(28)21-19-16-12-14(26)7-8-15(16)17(13-18(19)24-25-33(2,29)30)20(21)22(27)32-10-11-34(3,4)5/h7-8,12,17,19-21,25-26H,6,9-11,13H2,1-5H3/b24-18-/t17?,19-,20-,21-/m1/s1. The van der Waals surface area contributed by atoms with E-state index < -0.39 is 53.7 Å². The molecule has 11 heteroatoms. The Morgan fingerprint density at radius 2 is 1.76 bits per heavy atom. The van der Waals surface area contributed by atoms with Gasteiger partial charge in [0.2, 0.25) is 10.0 Å². The highest BCUT2D eigenvalue weighted by Gasteiger charge is 2.57. The van der Waals surface area contributed by atoms with Crippen molar-refractivity contribution in [1.29, 1.82) is 0 Å². The lowest BCUT2D eigenvalue weighted by atomic mass is 9.55. The fraction of sp³-hybridized carbons (Fsp3) is 0.609. The minimum atomic E-state index is -3.62. The lowest BCUT2D eigenvalue weighted by Crippen LogP contribution is -2.51. The van der Waals surface area contributed by atoms with Crippen molar-refractivity contribution in [3.8, 4) is 5.75 Å². The largest absolute Gasteiger partial charge is 0.508 e. The van der Waals surface area contributed by atoms with Crippen molar-refractivity contribution >= 4 is 35.7 Å². The Morgan fingerprint density at radius 1 is 1.12 bits per heavy atom. The van der Waals surface area contributed by atoms with Crippen LogP contribution in [0.5, 0.6) is 5.75 Å². The van der Waals surface area contributed by atoms with Crippen molar-refractivity contribution in [3.63, 3.8) is 0 Å². The molecule has 2 bridgehead atoms. The monoisotopic (exact) mass is 510 g/mol. The van der Waals surface area contributed by atoms with E-state index in [0.717, 1.165) is 17.9 Å². The van der Waals surface area contributed by atoms with Gasteiger partial charge in [0.1, 0.15) is 5.75 Å². The highest BCUT2D eigenvalue weighted by Crippen LogP contribution is 2.55. The Morgan fingerprint density at radius 3 is 2.38 bits per heavy atom. The number of carbonyl (C=O) groups is 2. The van der Waals surface area contributed by atoms with E-state index in [-0.39, 0.29) is 25.4 Å². The van der Waals surface area contributed by atoms with Crippen LogP contribution >= 0.6 is 0 Å². The zero-order valence-electron chi connectivity index (χ0n) is 20.3. The number of hydrogen-bond donors (Lipinski definition) is 2. The quantitative estimate of drug-likeness (QED) is 0.297. The molecular formula is C23H34N2O7SSi. The molecule has 0 saturated heterocycles. The lowest BCUT2D eigenvalue weighted by molar-refractivity contribution is -0.163. The summed E-state index contributed by atoms with van der Waals surface area (Å²) in [6.45, 7) is 8.93. The molecule has 34 heavy (non-hydrogen) atoms. The molecule has 0 aromatic heterocycles. The predicted molar refractivity (Wildman–Crippen MR) is 131 cm³/mol. The van der Waals surface area contributed by atoms with Crippen LogP contribution in [0.1, 0.15) is 42.7 Å². The van der Waals surface area contributed by atoms with Crippen LogP contribution in [-0.4, -0.2) is 58.7 Å². The smallest absolute Gasteiger partial charge is 0.310 e. The summed E-state index contributed by atoms with van der Waals surface area (Å²) in [5.41, 5.74) is 1.90. The van der Waals surface area contributed by atoms with Gasteiger partial charge in [0, 0.05) is 25.6 Å². The van der Waals surface area contributed by atoms with E-state index >= 15 is 0 Å². The summed E-state index contributed by atoms with van der Waals surface area (Å²) < 4.78 is 34.5. The van der Waals surface area contributed by atoms with E-state index in [0.29, 0.717) is 17.7 Å². The molecule has 0 radical (unpaired) electrons. The van der Waals surface area contributed by atoms with E-state index in [4.69, 9.17) is 9.47 Å². The van der Waals surface area contributed by atoms with E-state index in [2.05, 4.69) is 29.6 Å². The van der Waals surface area contributed by atoms with Crippen LogP contribution in [0.15, 0.2) is 23.3 Å². The van der Waals surface area contributed by atoms with Crippen LogP contribution in [0.25, 0.3) is 0 Å². The number of esters is 2. The molecule has 0 heterocycles. The topological polar surface area (TPSA) is 131 Å². The molecule has 1 saturated carbocycles. The number of hydrogen-bond acceptors (Lipinski definition) is 8. The van der Waals surface area contributed by atoms with Crippen LogP contribution in [0, 0.1) is 11.8 Å². The Labute approximate surface area is 202 Å². The van der Waals surface area contributed by atoms with Gasteiger partial charge in [0.15, 0.2) is 0 Å².